The van der Waals surface area contributed by atoms with Crippen LogP contribution in [-0.4, -0.2) is 22.6 Å². The quantitative estimate of drug-likeness (QED) is 0.757. The summed E-state index contributed by atoms with van der Waals surface area (Å²) >= 11 is 0. The van der Waals surface area contributed by atoms with Crippen molar-refractivity contribution in [3.05, 3.63) is 62.7 Å². The molecule has 2 aromatic heterocycles. The van der Waals surface area contributed by atoms with Gasteiger partial charge in [0.15, 0.2) is 0 Å². The van der Waals surface area contributed by atoms with Crippen molar-refractivity contribution in [1.82, 2.24) is 14.9 Å². The van der Waals surface area contributed by atoms with Crippen molar-refractivity contribution in [1.29, 1.82) is 0 Å². The molecule has 0 saturated heterocycles. The van der Waals surface area contributed by atoms with Crippen LogP contribution in [0.3, 0.4) is 0 Å². The molecule has 2 heterocycles. The van der Waals surface area contributed by atoms with Gasteiger partial charge in [-0.1, -0.05) is 0 Å². The summed E-state index contributed by atoms with van der Waals surface area (Å²) < 4.78 is 7.28. The van der Waals surface area contributed by atoms with Crippen LogP contribution in [0.25, 0.3) is 10.9 Å². The molecule has 6 nitrogen and oxygen atoms in total. The van der Waals surface area contributed by atoms with Gasteiger partial charge in [-0.3, -0.25) is 9.59 Å². The van der Waals surface area contributed by atoms with Crippen LogP contribution >= 0.6 is 0 Å². The molecule has 0 fully saturated rings. The molecule has 6 heteroatoms. The fourth-order valence-electron chi connectivity index (χ4n) is 3.37. The monoisotopic (exact) mass is 353 g/mol. The summed E-state index contributed by atoms with van der Waals surface area (Å²) in [6.45, 7) is 5.87. The van der Waals surface area contributed by atoms with E-state index in [2.05, 4.69) is 10.3 Å². The van der Waals surface area contributed by atoms with Crippen molar-refractivity contribution in [3.63, 3.8) is 0 Å². The van der Waals surface area contributed by atoms with Gasteiger partial charge in [-0.2, -0.15) is 0 Å². The van der Waals surface area contributed by atoms with E-state index in [-0.39, 0.29) is 18.0 Å². The van der Waals surface area contributed by atoms with Gasteiger partial charge in [0.1, 0.15) is 5.75 Å². The Hall–Kier alpha value is -3.02. The molecule has 0 radical (unpaired) electrons. The number of benzene rings is 1. The van der Waals surface area contributed by atoms with E-state index in [1.54, 1.807) is 13.2 Å². The molecule has 1 amide bonds. The molecule has 2 N–H and O–H groups in total. The lowest BCUT2D eigenvalue weighted by Gasteiger charge is -2.11. The molecule has 0 spiro atoms. The Morgan fingerprint density at radius 1 is 1.19 bits per heavy atom. The highest BCUT2D eigenvalue weighted by molar-refractivity contribution is 6.07. The normalized spacial score (nSPS) is 11.0. The van der Waals surface area contributed by atoms with Crippen LogP contribution in [0.5, 0.6) is 5.75 Å². The molecule has 0 bridgehead atoms. The van der Waals surface area contributed by atoms with Crippen LogP contribution in [0.2, 0.25) is 0 Å². The number of H-pyrrole nitrogens is 1. The van der Waals surface area contributed by atoms with E-state index >= 15 is 0 Å². The smallest absolute Gasteiger partial charge is 0.253 e. The molecule has 0 unspecified atom stereocenters. The molecule has 1 aromatic carbocycles. The number of fused-ring (bicyclic) bond motifs is 1. The van der Waals surface area contributed by atoms with Gasteiger partial charge in [-0.15, -0.1) is 0 Å². The number of carbonyl (C=O) groups excluding carboxylic acids is 1. The van der Waals surface area contributed by atoms with Crippen LogP contribution in [-0.2, 0) is 13.6 Å². The predicted molar refractivity (Wildman–Crippen MR) is 102 cm³/mol. The first-order valence-electron chi connectivity index (χ1n) is 8.43. The first-order valence-corrected chi connectivity index (χ1v) is 8.43. The number of amides is 1. The SMILES string of the molecule is COc1cc(C(=O)NCc2c(C)cc(C)[nH]c2=O)c2c(c1)c(C)cn2C. The lowest BCUT2D eigenvalue weighted by atomic mass is 10.1. The van der Waals surface area contributed by atoms with E-state index < -0.39 is 0 Å². The minimum Gasteiger partial charge on any atom is -0.497 e. The maximum atomic E-state index is 12.9. The first-order chi connectivity index (χ1) is 12.3. The van der Waals surface area contributed by atoms with Crippen molar-refractivity contribution in [3.8, 4) is 5.75 Å². The Bertz CT molecular complexity index is 1060. The van der Waals surface area contributed by atoms with Crippen LogP contribution in [0.15, 0.2) is 29.2 Å². The summed E-state index contributed by atoms with van der Waals surface area (Å²) in [4.78, 5) is 27.8. The van der Waals surface area contributed by atoms with Crippen LogP contribution < -0.4 is 15.6 Å². The molecule has 3 rings (SSSR count). The van der Waals surface area contributed by atoms with E-state index in [1.165, 1.54) is 0 Å². The summed E-state index contributed by atoms with van der Waals surface area (Å²) in [6.07, 6.45) is 1.98. The highest BCUT2D eigenvalue weighted by Crippen LogP contribution is 2.29. The van der Waals surface area contributed by atoms with Crippen LogP contribution in [0, 0.1) is 20.8 Å². The number of aryl methyl sites for hydroxylation is 4. The lowest BCUT2D eigenvalue weighted by molar-refractivity contribution is 0.0951. The van der Waals surface area contributed by atoms with Gasteiger partial charge < -0.3 is 19.6 Å². The van der Waals surface area contributed by atoms with Gasteiger partial charge in [-0.25, -0.2) is 0 Å². The molecule has 0 aliphatic rings. The first kappa shape index (κ1) is 17.8. The van der Waals surface area contributed by atoms with E-state index in [0.29, 0.717) is 16.9 Å². The van der Waals surface area contributed by atoms with Gasteiger partial charge in [0.2, 0.25) is 0 Å². The Labute approximate surface area is 151 Å². The van der Waals surface area contributed by atoms with Gasteiger partial charge in [0.05, 0.1) is 18.2 Å². The second kappa shape index (κ2) is 6.71. The highest BCUT2D eigenvalue weighted by atomic mass is 16.5. The minimum absolute atomic E-state index is 0.169. The number of aromatic nitrogens is 2. The number of hydrogen-bond acceptors (Lipinski definition) is 3. The standard InChI is InChI=1S/C20H23N3O3/c1-11-6-13(3)22-20(25)17(11)9-21-19(24)16-8-14(26-5)7-15-12(2)10-23(4)18(15)16/h6-8,10H,9H2,1-5H3,(H,21,24)(H,22,25). The number of nitrogens with one attached hydrogen (secondary N) is 2. The fourth-order valence-corrected chi connectivity index (χ4v) is 3.37. The molecule has 0 aliphatic heterocycles. The zero-order valence-electron chi connectivity index (χ0n) is 15.7. The molecular weight excluding hydrogens is 330 g/mol. The third kappa shape index (κ3) is 3.10. The predicted octanol–water partition coefficient (Wildman–Crippen LogP) is 2.73. The van der Waals surface area contributed by atoms with Crippen molar-refractivity contribution in [2.24, 2.45) is 7.05 Å². The minimum atomic E-state index is -0.241. The third-order valence-corrected chi connectivity index (χ3v) is 4.65. The molecule has 136 valence electrons. The largest absolute Gasteiger partial charge is 0.497 e. The number of nitrogens with zero attached hydrogens (tertiary/aromatic N) is 1. The van der Waals surface area contributed by atoms with Crippen molar-refractivity contribution < 1.29 is 9.53 Å². The highest BCUT2D eigenvalue weighted by Gasteiger charge is 2.17. The van der Waals surface area contributed by atoms with Gasteiger partial charge in [0.25, 0.3) is 11.5 Å². The zero-order valence-corrected chi connectivity index (χ0v) is 15.7. The maximum absolute atomic E-state index is 12.9. The Balaban J connectivity index is 1.97. The van der Waals surface area contributed by atoms with Gasteiger partial charge >= 0.3 is 0 Å². The molecular formula is C20H23N3O3. The summed E-state index contributed by atoms with van der Waals surface area (Å²) in [5.74, 6) is 0.385. The number of carbonyl (C=O) groups is 1. The Morgan fingerprint density at radius 2 is 1.92 bits per heavy atom. The molecule has 0 saturated carbocycles. The number of ether oxygens (including phenoxy) is 1. The second-order valence-electron chi connectivity index (χ2n) is 6.62. The average Bonchev–Trinajstić information content (AvgIpc) is 2.87. The lowest BCUT2D eigenvalue weighted by Crippen LogP contribution is -2.28. The average molecular weight is 353 g/mol. The maximum Gasteiger partial charge on any atom is 0.253 e. The molecule has 0 aliphatic carbocycles. The van der Waals surface area contributed by atoms with Crippen molar-refractivity contribution in [2.75, 3.05) is 7.11 Å². The number of hydrogen-bond donors (Lipinski definition) is 2. The fraction of sp³-hybridized carbons (Fsp3) is 0.300. The Morgan fingerprint density at radius 3 is 2.58 bits per heavy atom. The zero-order chi connectivity index (χ0) is 19.0. The van der Waals surface area contributed by atoms with E-state index in [0.717, 1.165) is 27.7 Å². The number of aromatic amines is 1. The molecule has 3 aromatic rings. The van der Waals surface area contributed by atoms with Crippen LogP contribution in [0.4, 0.5) is 0 Å². The topological polar surface area (TPSA) is 76.1 Å². The van der Waals surface area contributed by atoms with Crippen LogP contribution in [0.1, 0.15) is 32.7 Å². The summed E-state index contributed by atoms with van der Waals surface area (Å²) in [6, 6.07) is 5.55. The van der Waals surface area contributed by atoms with Crippen molar-refractivity contribution >= 4 is 16.8 Å². The number of methoxy groups -OCH3 is 1. The van der Waals surface area contributed by atoms with Crippen molar-refractivity contribution in [2.45, 2.75) is 27.3 Å². The number of pyridine rings is 1. The molecule has 0 atom stereocenters. The molecule has 26 heavy (non-hydrogen) atoms. The van der Waals surface area contributed by atoms with E-state index in [4.69, 9.17) is 4.74 Å². The van der Waals surface area contributed by atoms with E-state index in [9.17, 15) is 9.59 Å². The number of rotatable bonds is 4. The van der Waals surface area contributed by atoms with E-state index in [1.807, 2.05) is 50.7 Å². The van der Waals surface area contributed by atoms with Gasteiger partial charge in [-0.05, 0) is 50.1 Å². The summed E-state index contributed by atoms with van der Waals surface area (Å²) in [5.41, 5.74) is 4.49. The third-order valence-electron chi connectivity index (χ3n) is 4.65. The Kier molecular flexibility index (Phi) is 4.59. The summed E-state index contributed by atoms with van der Waals surface area (Å²) in [5, 5.41) is 3.84. The second-order valence-corrected chi connectivity index (χ2v) is 6.62. The van der Waals surface area contributed by atoms with Gasteiger partial charge in [0, 0.05) is 36.4 Å². The summed E-state index contributed by atoms with van der Waals surface area (Å²) in [7, 11) is 3.49.